The van der Waals surface area contributed by atoms with Gasteiger partial charge in [0.05, 0.1) is 10.6 Å². The standard InChI is InChI=1S/C16H11Cl2F3O2/c17-14-10(4-8-13(23)15(14)18)3-7-12(22)9-1-5-11(6-2-9)16(19,20)21/h1-2,4-6,8,23H,3,7H2. The molecule has 0 atom stereocenters. The molecule has 2 rings (SSSR count). The molecule has 0 aliphatic rings. The minimum absolute atomic E-state index is 0.00569. The molecule has 2 nitrogen and oxygen atoms in total. The molecule has 0 unspecified atom stereocenters. The topological polar surface area (TPSA) is 37.3 Å². The zero-order valence-corrected chi connectivity index (χ0v) is 13.1. The predicted octanol–water partition coefficient (Wildman–Crippen LogP) is 5.53. The third-order valence-electron chi connectivity index (χ3n) is 3.30. The SMILES string of the molecule is O=C(CCc1ccc(O)c(Cl)c1Cl)c1ccc(C(F)(F)F)cc1. The van der Waals surface area contributed by atoms with Gasteiger partial charge in [-0.15, -0.1) is 0 Å². The maximum absolute atomic E-state index is 12.5. The van der Waals surface area contributed by atoms with Gasteiger partial charge in [0, 0.05) is 12.0 Å². The van der Waals surface area contributed by atoms with Crippen LogP contribution in [0.3, 0.4) is 0 Å². The summed E-state index contributed by atoms with van der Waals surface area (Å²) >= 11 is 11.8. The fraction of sp³-hybridized carbons (Fsp3) is 0.188. The van der Waals surface area contributed by atoms with E-state index < -0.39 is 11.7 Å². The van der Waals surface area contributed by atoms with Gasteiger partial charge in [-0.05, 0) is 30.2 Å². The molecular formula is C16H11Cl2F3O2. The van der Waals surface area contributed by atoms with Crippen LogP contribution in [-0.4, -0.2) is 10.9 Å². The van der Waals surface area contributed by atoms with Crippen LogP contribution in [0, 0.1) is 0 Å². The van der Waals surface area contributed by atoms with Crippen LogP contribution in [0.15, 0.2) is 36.4 Å². The Balaban J connectivity index is 2.07. The molecule has 23 heavy (non-hydrogen) atoms. The summed E-state index contributed by atoms with van der Waals surface area (Å²) in [5.74, 6) is -0.464. The quantitative estimate of drug-likeness (QED) is 0.725. The molecule has 0 radical (unpaired) electrons. The van der Waals surface area contributed by atoms with Crippen molar-refractivity contribution in [2.24, 2.45) is 0 Å². The van der Waals surface area contributed by atoms with Gasteiger partial charge < -0.3 is 5.11 Å². The molecule has 7 heteroatoms. The number of aromatic hydroxyl groups is 1. The van der Waals surface area contributed by atoms with Crippen LogP contribution in [0.4, 0.5) is 13.2 Å². The molecule has 2 aromatic carbocycles. The minimum atomic E-state index is -4.43. The fourth-order valence-corrected chi connectivity index (χ4v) is 2.45. The molecule has 0 heterocycles. The highest BCUT2D eigenvalue weighted by atomic mass is 35.5. The average Bonchev–Trinajstić information content (AvgIpc) is 2.51. The molecule has 0 fully saturated rings. The van der Waals surface area contributed by atoms with Gasteiger partial charge in [-0.2, -0.15) is 13.2 Å². The van der Waals surface area contributed by atoms with Gasteiger partial charge in [-0.1, -0.05) is 41.4 Å². The third kappa shape index (κ3) is 4.18. The van der Waals surface area contributed by atoms with E-state index in [1.807, 2.05) is 0 Å². The maximum atomic E-state index is 12.5. The summed E-state index contributed by atoms with van der Waals surface area (Å²) in [7, 11) is 0. The molecule has 0 saturated heterocycles. The number of hydrogen-bond acceptors (Lipinski definition) is 2. The van der Waals surface area contributed by atoms with Crippen molar-refractivity contribution < 1.29 is 23.1 Å². The molecule has 0 aliphatic carbocycles. The second-order valence-corrected chi connectivity index (χ2v) is 5.63. The number of hydrogen-bond donors (Lipinski definition) is 1. The number of benzene rings is 2. The fourth-order valence-electron chi connectivity index (χ4n) is 2.01. The lowest BCUT2D eigenvalue weighted by molar-refractivity contribution is -0.137. The Labute approximate surface area is 140 Å². The first-order valence-corrected chi connectivity index (χ1v) is 7.32. The normalized spacial score (nSPS) is 11.5. The van der Waals surface area contributed by atoms with Crippen LogP contribution >= 0.6 is 23.2 Å². The van der Waals surface area contributed by atoms with E-state index in [-0.39, 0.29) is 40.0 Å². The second-order valence-electron chi connectivity index (χ2n) is 4.87. The lowest BCUT2D eigenvalue weighted by Crippen LogP contribution is -2.06. The lowest BCUT2D eigenvalue weighted by Gasteiger charge is -2.08. The largest absolute Gasteiger partial charge is 0.506 e. The lowest BCUT2D eigenvalue weighted by atomic mass is 10.0. The first-order valence-electron chi connectivity index (χ1n) is 6.56. The Bertz CT molecular complexity index is 725. The van der Waals surface area contributed by atoms with Crippen molar-refractivity contribution in [2.75, 3.05) is 0 Å². The minimum Gasteiger partial charge on any atom is -0.506 e. The van der Waals surface area contributed by atoms with Crippen molar-refractivity contribution in [3.8, 4) is 5.75 Å². The van der Waals surface area contributed by atoms with E-state index in [4.69, 9.17) is 23.2 Å². The van der Waals surface area contributed by atoms with Crippen molar-refractivity contribution >= 4 is 29.0 Å². The summed E-state index contributed by atoms with van der Waals surface area (Å²) in [6, 6.07) is 6.96. The number of halogens is 5. The third-order valence-corrected chi connectivity index (χ3v) is 4.21. The van der Waals surface area contributed by atoms with E-state index in [9.17, 15) is 23.1 Å². The van der Waals surface area contributed by atoms with E-state index in [0.29, 0.717) is 5.56 Å². The number of alkyl halides is 3. The maximum Gasteiger partial charge on any atom is 0.416 e. The van der Waals surface area contributed by atoms with E-state index in [1.165, 1.54) is 6.07 Å². The van der Waals surface area contributed by atoms with E-state index in [2.05, 4.69) is 0 Å². The highest BCUT2D eigenvalue weighted by molar-refractivity contribution is 6.43. The van der Waals surface area contributed by atoms with Gasteiger partial charge in [0.25, 0.3) is 0 Å². The number of aryl methyl sites for hydroxylation is 1. The summed E-state index contributed by atoms with van der Waals surface area (Å²) in [6.45, 7) is 0. The number of carbonyl (C=O) groups is 1. The molecule has 0 aliphatic heterocycles. The molecular weight excluding hydrogens is 352 g/mol. The number of phenolic OH excluding ortho intramolecular Hbond substituents is 1. The first-order chi connectivity index (χ1) is 10.7. The van der Waals surface area contributed by atoms with Gasteiger partial charge in [0.2, 0.25) is 0 Å². The molecule has 0 bridgehead atoms. The van der Waals surface area contributed by atoms with Crippen molar-refractivity contribution in [3.05, 3.63) is 63.1 Å². The van der Waals surface area contributed by atoms with Gasteiger partial charge in [-0.25, -0.2) is 0 Å². The van der Waals surface area contributed by atoms with Crippen LogP contribution in [0.5, 0.6) is 5.75 Å². The zero-order chi connectivity index (χ0) is 17.2. The monoisotopic (exact) mass is 362 g/mol. The van der Waals surface area contributed by atoms with Crippen LogP contribution in [0.2, 0.25) is 10.0 Å². The summed E-state index contributed by atoms with van der Waals surface area (Å²) in [5, 5.41) is 9.56. The first kappa shape index (κ1) is 17.6. The molecule has 2 aromatic rings. The van der Waals surface area contributed by atoms with Crippen LogP contribution in [-0.2, 0) is 12.6 Å². The van der Waals surface area contributed by atoms with Gasteiger partial charge in [0.1, 0.15) is 10.8 Å². The molecule has 0 aromatic heterocycles. The molecule has 1 N–H and O–H groups in total. The highest BCUT2D eigenvalue weighted by Crippen LogP contribution is 2.34. The Morgan fingerprint density at radius 1 is 1.00 bits per heavy atom. The van der Waals surface area contributed by atoms with Crippen LogP contribution in [0.25, 0.3) is 0 Å². The molecule has 122 valence electrons. The van der Waals surface area contributed by atoms with E-state index in [0.717, 1.165) is 24.3 Å². The summed E-state index contributed by atoms with van der Waals surface area (Å²) in [6.07, 6.45) is -4.11. The van der Waals surface area contributed by atoms with Gasteiger partial charge >= 0.3 is 6.18 Å². The Morgan fingerprint density at radius 3 is 2.17 bits per heavy atom. The van der Waals surface area contributed by atoms with Crippen LogP contribution in [0.1, 0.15) is 27.9 Å². The smallest absolute Gasteiger partial charge is 0.416 e. The number of rotatable bonds is 4. The predicted molar refractivity (Wildman–Crippen MR) is 82.2 cm³/mol. The number of carbonyl (C=O) groups excluding carboxylic acids is 1. The molecule has 0 amide bonds. The molecule has 0 spiro atoms. The van der Waals surface area contributed by atoms with Crippen molar-refractivity contribution in [1.82, 2.24) is 0 Å². The highest BCUT2D eigenvalue weighted by Gasteiger charge is 2.30. The van der Waals surface area contributed by atoms with Gasteiger partial charge in [-0.3, -0.25) is 4.79 Å². The van der Waals surface area contributed by atoms with E-state index >= 15 is 0 Å². The van der Waals surface area contributed by atoms with Crippen molar-refractivity contribution in [3.63, 3.8) is 0 Å². The summed E-state index contributed by atoms with van der Waals surface area (Å²) < 4.78 is 37.4. The van der Waals surface area contributed by atoms with Crippen molar-refractivity contribution in [1.29, 1.82) is 0 Å². The Hall–Kier alpha value is -1.72. The van der Waals surface area contributed by atoms with Crippen LogP contribution < -0.4 is 0 Å². The molecule has 0 saturated carbocycles. The van der Waals surface area contributed by atoms with E-state index in [1.54, 1.807) is 6.07 Å². The Kier molecular flexibility index (Phi) is 5.22. The zero-order valence-electron chi connectivity index (χ0n) is 11.6. The number of Topliss-reactive ketones (excluding diaryl/α,β-unsaturated/α-hetero) is 1. The number of ketones is 1. The summed E-state index contributed by atoms with van der Waals surface area (Å²) in [4.78, 5) is 12.0. The second kappa shape index (κ2) is 6.81. The number of phenols is 1. The average molecular weight is 363 g/mol. The Morgan fingerprint density at radius 2 is 1.61 bits per heavy atom. The summed E-state index contributed by atoms with van der Waals surface area (Å²) in [5.41, 5.74) is -0.0314. The van der Waals surface area contributed by atoms with Gasteiger partial charge in [0.15, 0.2) is 5.78 Å². The van der Waals surface area contributed by atoms with Crippen molar-refractivity contribution in [2.45, 2.75) is 19.0 Å².